The van der Waals surface area contributed by atoms with Gasteiger partial charge in [-0.05, 0) is 31.8 Å². The third-order valence-electron chi connectivity index (χ3n) is 4.09. The van der Waals surface area contributed by atoms with Crippen molar-refractivity contribution in [3.8, 4) is 0 Å². The summed E-state index contributed by atoms with van der Waals surface area (Å²) in [6.07, 6.45) is 6.81. The third kappa shape index (κ3) is 4.40. The average Bonchev–Trinajstić information content (AvgIpc) is 2.94. The van der Waals surface area contributed by atoms with Crippen molar-refractivity contribution in [3.63, 3.8) is 0 Å². The first-order valence-corrected chi connectivity index (χ1v) is 8.70. The maximum absolute atomic E-state index is 12.2. The molecule has 1 aromatic rings. The molecule has 1 aromatic heterocycles. The topological polar surface area (TPSA) is 53.4 Å². The average molecular weight is 322 g/mol. The van der Waals surface area contributed by atoms with E-state index in [4.69, 9.17) is 0 Å². The van der Waals surface area contributed by atoms with E-state index in [0.29, 0.717) is 5.92 Å². The Kier molecular flexibility index (Phi) is 5.40. The molecule has 2 heterocycles. The normalized spacial score (nSPS) is 18.9. The molecule has 122 valence electrons. The van der Waals surface area contributed by atoms with E-state index in [1.54, 1.807) is 17.4 Å². The molecule has 0 aromatic carbocycles. The molecule has 0 bridgehead atoms. The summed E-state index contributed by atoms with van der Waals surface area (Å²) < 4.78 is 0. The van der Waals surface area contributed by atoms with Crippen LogP contribution in [0.25, 0.3) is 6.08 Å². The monoisotopic (exact) mass is 322 g/mol. The fraction of sp³-hybridized carbons (Fsp3) is 0.647. The molecule has 22 heavy (non-hydrogen) atoms. The number of carbonyl (C=O) groups is 1. The minimum atomic E-state index is -0.277. The van der Waals surface area contributed by atoms with Crippen molar-refractivity contribution in [3.05, 3.63) is 22.2 Å². The van der Waals surface area contributed by atoms with Gasteiger partial charge in [-0.25, -0.2) is 4.98 Å². The van der Waals surface area contributed by atoms with E-state index in [0.717, 1.165) is 35.8 Å². The molecule has 1 unspecified atom stereocenters. The van der Waals surface area contributed by atoms with Gasteiger partial charge >= 0.3 is 0 Å². The van der Waals surface area contributed by atoms with Crippen molar-refractivity contribution >= 4 is 23.3 Å². The summed E-state index contributed by atoms with van der Waals surface area (Å²) >= 11 is 1.63. The number of hydrogen-bond donors (Lipinski definition) is 1. The van der Waals surface area contributed by atoms with Gasteiger partial charge in [0.15, 0.2) is 0 Å². The first kappa shape index (κ1) is 17.2. The van der Waals surface area contributed by atoms with Crippen molar-refractivity contribution in [1.29, 1.82) is 0 Å². The number of aliphatic hydroxyl groups excluding tert-OH is 1. The van der Waals surface area contributed by atoms with Gasteiger partial charge < -0.3 is 10.0 Å². The highest BCUT2D eigenvalue weighted by atomic mass is 32.1. The molecule has 1 aliphatic heterocycles. The summed E-state index contributed by atoms with van der Waals surface area (Å²) in [7, 11) is 0. The molecule has 1 N–H and O–H groups in total. The van der Waals surface area contributed by atoms with Crippen LogP contribution in [0.15, 0.2) is 12.3 Å². The Balaban J connectivity index is 1.91. The molecule has 0 aliphatic carbocycles. The molecule has 4 nitrogen and oxygen atoms in total. The number of hydrogen-bond acceptors (Lipinski definition) is 4. The van der Waals surface area contributed by atoms with Gasteiger partial charge in [0.2, 0.25) is 5.91 Å². The zero-order valence-corrected chi connectivity index (χ0v) is 14.7. The summed E-state index contributed by atoms with van der Waals surface area (Å²) in [5.74, 6) is 0.374. The number of aromatic nitrogens is 1. The van der Waals surface area contributed by atoms with Crippen LogP contribution in [0.5, 0.6) is 0 Å². The van der Waals surface area contributed by atoms with Gasteiger partial charge in [-0.1, -0.05) is 20.8 Å². The Hall–Kier alpha value is -1.20. The van der Waals surface area contributed by atoms with Crippen molar-refractivity contribution in [2.45, 2.75) is 52.1 Å². The van der Waals surface area contributed by atoms with Crippen LogP contribution in [0.1, 0.15) is 50.4 Å². The molecule has 1 amide bonds. The number of rotatable bonds is 3. The van der Waals surface area contributed by atoms with Crippen molar-refractivity contribution in [2.24, 2.45) is 5.92 Å². The lowest BCUT2D eigenvalue weighted by molar-refractivity contribution is -0.127. The summed E-state index contributed by atoms with van der Waals surface area (Å²) in [5, 5.41) is 10.7. The van der Waals surface area contributed by atoms with Crippen LogP contribution in [0.4, 0.5) is 0 Å². The molecular weight excluding hydrogens is 296 g/mol. The smallest absolute Gasteiger partial charge is 0.246 e. The van der Waals surface area contributed by atoms with E-state index in [1.165, 1.54) is 0 Å². The predicted octanol–water partition coefficient (Wildman–Crippen LogP) is 3.07. The summed E-state index contributed by atoms with van der Waals surface area (Å²) in [6.45, 7) is 9.70. The van der Waals surface area contributed by atoms with Crippen molar-refractivity contribution in [2.75, 3.05) is 13.1 Å². The van der Waals surface area contributed by atoms with E-state index < -0.39 is 0 Å². The molecule has 0 radical (unpaired) electrons. The van der Waals surface area contributed by atoms with Gasteiger partial charge in [-0.15, -0.1) is 11.3 Å². The van der Waals surface area contributed by atoms with E-state index >= 15 is 0 Å². The van der Waals surface area contributed by atoms with Gasteiger partial charge in [-0.3, -0.25) is 4.79 Å². The van der Waals surface area contributed by atoms with Crippen LogP contribution in [-0.2, 0) is 10.2 Å². The molecular formula is C17H26N2O2S. The first-order valence-electron chi connectivity index (χ1n) is 7.88. The number of nitrogens with zero attached hydrogens (tertiary/aromatic N) is 2. The van der Waals surface area contributed by atoms with E-state index in [2.05, 4.69) is 25.8 Å². The zero-order valence-electron chi connectivity index (χ0n) is 13.9. The van der Waals surface area contributed by atoms with E-state index in [9.17, 15) is 9.90 Å². The summed E-state index contributed by atoms with van der Waals surface area (Å²) in [5.41, 5.74) is 0.0453. The second-order valence-corrected chi connectivity index (χ2v) is 8.12. The van der Waals surface area contributed by atoms with Crippen LogP contribution in [-0.4, -0.2) is 40.1 Å². The number of amides is 1. The third-order valence-corrected chi connectivity index (χ3v) is 5.48. The fourth-order valence-electron chi connectivity index (χ4n) is 2.57. The highest BCUT2D eigenvalue weighted by Crippen LogP contribution is 2.27. The zero-order chi connectivity index (χ0) is 16.3. The largest absolute Gasteiger partial charge is 0.393 e. The highest BCUT2D eigenvalue weighted by Gasteiger charge is 2.24. The summed E-state index contributed by atoms with van der Waals surface area (Å²) in [4.78, 5) is 19.5. The molecule has 1 fully saturated rings. The SMILES string of the molecule is CC(O)C1CCN(C(=O)C=Cc2cnc(C(C)(C)C)s2)CC1. The van der Waals surface area contributed by atoms with Gasteiger partial charge in [0.05, 0.1) is 11.1 Å². The van der Waals surface area contributed by atoms with E-state index in [1.807, 2.05) is 24.1 Å². The molecule has 1 atom stereocenters. The highest BCUT2D eigenvalue weighted by molar-refractivity contribution is 7.12. The second-order valence-electron chi connectivity index (χ2n) is 7.05. The lowest BCUT2D eigenvalue weighted by Crippen LogP contribution is -2.39. The molecule has 5 heteroatoms. The minimum Gasteiger partial charge on any atom is -0.393 e. The van der Waals surface area contributed by atoms with Crippen molar-refractivity contribution in [1.82, 2.24) is 9.88 Å². The summed E-state index contributed by atoms with van der Waals surface area (Å²) in [6, 6.07) is 0. The van der Waals surface area contributed by atoms with Crippen molar-refractivity contribution < 1.29 is 9.90 Å². The Labute approximate surface area is 136 Å². The number of piperidine rings is 1. The molecule has 1 saturated heterocycles. The van der Waals surface area contributed by atoms with Crippen LogP contribution in [0, 0.1) is 5.92 Å². The van der Waals surface area contributed by atoms with Crippen LogP contribution < -0.4 is 0 Å². The maximum Gasteiger partial charge on any atom is 0.246 e. The maximum atomic E-state index is 12.2. The number of aliphatic hydroxyl groups is 1. The first-order chi connectivity index (χ1) is 10.3. The Morgan fingerprint density at radius 2 is 2.09 bits per heavy atom. The lowest BCUT2D eigenvalue weighted by Gasteiger charge is -2.32. The number of carbonyl (C=O) groups excluding carboxylic acids is 1. The Morgan fingerprint density at radius 3 is 2.59 bits per heavy atom. The van der Waals surface area contributed by atoms with Gasteiger partial charge in [-0.2, -0.15) is 0 Å². The van der Waals surface area contributed by atoms with Gasteiger partial charge in [0, 0.05) is 35.7 Å². The number of likely N-dealkylation sites (tertiary alicyclic amines) is 1. The minimum absolute atomic E-state index is 0.0453. The Bertz CT molecular complexity index is 535. The quantitative estimate of drug-likeness (QED) is 0.870. The molecule has 1 aliphatic rings. The standard InChI is InChI=1S/C17H26N2O2S/c1-12(20)13-7-9-19(10-8-13)15(21)6-5-14-11-18-16(22-14)17(2,3)4/h5-6,11-13,20H,7-10H2,1-4H3. The predicted molar refractivity (Wildman–Crippen MR) is 90.8 cm³/mol. The fourth-order valence-corrected chi connectivity index (χ4v) is 3.45. The molecule has 2 rings (SSSR count). The van der Waals surface area contributed by atoms with Crippen LogP contribution in [0.3, 0.4) is 0 Å². The van der Waals surface area contributed by atoms with Crippen LogP contribution >= 0.6 is 11.3 Å². The molecule has 0 saturated carbocycles. The second kappa shape index (κ2) is 6.92. The van der Waals surface area contributed by atoms with Gasteiger partial charge in [0.25, 0.3) is 0 Å². The van der Waals surface area contributed by atoms with E-state index in [-0.39, 0.29) is 17.4 Å². The lowest BCUT2D eigenvalue weighted by atomic mass is 9.92. The van der Waals surface area contributed by atoms with Crippen LogP contribution in [0.2, 0.25) is 0 Å². The number of thiazole rings is 1. The Morgan fingerprint density at radius 1 is 1.45 bits per heavy atom. The molecule has 0 spiro atoms. The van der Waals surface area contributed by atoms with Gasteiger partial charge in [0.1, 0.15) is 0 Å².